The number of hydrogen-bond acceptors (Lipinski definition) is 9. The van der Waals surface area contributed by atoms with Gasteiger partial charge < -0.3 is 54.2 Å². The van der Waals surface area contributed by atoms with E-state index in [0.29, 0.717) is 19.4 Å². The zero-order chi connectivity index (χ0) is 27.1. The summed E-state index contributed by atoms with van der Waals surface area (Å²) in [6, 6.07) is -5.26. The molecular formula is C20H40N8O7. The second kappa shape index (κ2) is 16.6. The standard InChI is InChI=1S/C20H40N8O7/c1-10(29)14(22)17(32)26-12(6-3-4-8-21)16(31)28-15(11(2)30)18(33)27-13(19(34)35)7-5-9-25-20(23)24/h10-15,29-30H,3-9,21-22H2,1-2H3,(H,26,32)(H,27,33)(H,28,31)(H,34,35)(H4,23,24,25)/t10-,11-,12+,13+,14+,15+/m1/s1. The van der Waals surface area contributed by atoms with Crippen molar-refractivity contribution in [1.82, 2.24) is 16.0 Å². The number of nitrogens with zero attached hydrogens (tertiary/aromatic N) is 1. The lowest BCUT2D eigenvalue weighted by molar-refractivity contribution is -0.143. The average molecular weight is 505 g/mol. The summed E-state index contributed by atoms with van der Waals surface area (Å²) < 4.78 is 0. The fourth-order valence-electron chi connectivity index (χ4n) is 2.93. The number of hydrogen-bond donors (Lipinski definition) is 10. The molecule has 15 nitrogen and oxygen atoms in total. The van der Waals surface area contributed by atoms with Gasteiger partial charge in [0.2, 0.25) is 17.7 Å². The Labute approximate surface area is 204 Å². The van der Waals surface area contributed by atoms with Crippen LogP contribution in [-0.2, 0) is 19.2 Å². The van der Waals surface area contributed by atoms with E-state index in [1.165, 1.54) is 13.8 Å². The lowest BCUT2D eigenvalue weighted by Gasteiger charge is -2.27. The zero-order valence-electron chi connectivity index (χ0n) is 20.1. The maximum absolute atomic E-state index is 12.9. The molecule has 0 heterocycles. The summed E-state index contributed by atoms with van der Waals surface area (Å²) in [4.78, 5) is 53.1. The van der Waals surface area contributed by atoms with Crippen molar-refractivity contribution in [2.24, 2.45) is 27.9 Å². The van der Waals surface area contributed by atoms with Crippen molar-refractivity contribution < 1.29 is 34.5 Å². The number of aliphatic hydroxyl groups excluding tert-OH is 2. The van der Waals surface area contributed by atoms with Gasteiger partial charge in [-0.1, -0.05) is 0 Å². The zero-order valence-corrected chi connectivity index (χ0v) is 20.1. The van der Waals surface area contributed by atoms with Crippen LogP contribution in [-0.4, -0.2) is 94.4 Å². The molecule has 0 aromatic carbocycles. The number of rotatable bonds is 17. The molecule has 0 radical (unpaired) electrons. The Morgan fingerprint density at radius 3 is 1.89 bits per heavy atom. The summed E-state index contributed by atoms with van der Waals surface area (Å²) in [5.74, 6) is -3.99. The molecule has 0 saturated carbocycles. The number of aliphatic hydroxyl groups is 2. The van der Waals surface area contributed by atoms with E-state index in [9.17, 15) is 34.5 Å². The van der Waals surface area contributed by atoms with E-state index in [1.54, 1.807) is 0 Å². The number of aliphatic imine (C=N–C) groups is 1. The van der Waals surface area contributed by atoms with E-state index in [4.69, 9.17) is 22.9 Å². The Morgan fingerprint density at radius 2 is 1.40 bits per heavy atom. The van der Waals surface area contributed by atoms with Gasteiger partial charge in [0, 0.05) is 6.54 Å². The fourth-order valence-corrected chi connectivity index (χ4v) is 2.93. The van der Waals surface area contributed by atoms with Gasteiger partial charge in [0.15, 0.2) is 5.96 Å². The number of unbranched alkanes of at least 4 members (excludes halogenated alkanes) is 1. The lowest BCUT2D eigenvalue weighted by Crippen LogP contribution is -2.60. The van der Waals surface area contributed by atoms with Crippen LogP contribution in [0.15, 0.2) is 4.99 Å². The molecule has 202 valence electrons. The highest BCUT2D eigenvalue weighted by Gasteiger charge is 2.32. The predicted molar refractivity (Wildman–Crippen MR) is 128 cm³/mol. The Bertz CT molecular complexity index is 728. The first-order chi connectivity index (χ1) is 16.3. The highest BCUT2D eigenvalue weighted by atomic mass is 16.4. The van der Waals surface area contributed by atoms with Crippen molar-refractivity contribution in [3.63, 3.8) is 0 Å². The van der Waals surface area contributed by atoms with Gasteiger partial charge in [0.05, 0.1) is 12.2 Å². The second-order valence-corrected chi connectivity index (χ2v) is 8.19. The molecule has 0 spiro atoms. The number of aliphatic carboxylic acids is 1. The van der Waals surface area contributed by atoms with Crippen LogP contribution in [0.2, 0.25) is 0 Å². The minimum Gasteiger partial charge on any atom is -0.480 e. The molecule has 0 aromatic heterocycles. The number of guanidine groups is 1. The molecule has 0 saturated heterocycles. The van der Waals surface area contributed by atoms with Crippen LogP contribution in [0.4, 0.5) is 0 Å². The Hall–Kier alpha value is -3.01. The Balaban J connectivity index is 5.38. The van der Waals surface area contributed by atoms with E-state index in [1.807, 2.05) is 0 Å². The van der Waals surface area contributed by atoms with E-state index in [0.717, 1.165) is 0 Å². The summed E-state index contributed by atoms with van der Waals surface area (Å²) in [5, 5.41) is 36.0. The van der Waals surface area contributed by atoms with Crippen LogP contribution >= 0.6 is 0 Å². The maximum Gasteiger partial charge on any atom is 0.326 e. The third kappa shape index (κ3) is 12.9. The van der Waals surface area contributed by atoms with E-state index in [-0.39, 0.29) is 31.8 Å². The summed E-state index contributed by atoms with van der Waals surface area (Å²) in [6.07, 6.45) is -1.15. The monoisotopic (exact) mass is 504 g/mol. The van der Waals surface area contributed by atoms with Gasteiger partial charge >= 0.3 is 5.97 Å². The van der Waals surface area contributed by atoms with Crippen molar-refractivity contribution in [3.05, 3.63) is 0 Å². The quantitative estimate of drug-likeness (QED) is 0.0514. The third-order valence-corrected chi connectivity index (χ3v) is 5.02. The van der Waals surface area contributed by atoms with Crippen molar-refractivity contribution >= 4 is 29.7 Å². The predicted octanol–water partition coefficient (Wildman–Crippen LogP) is -4.20. The van der Waals surface area contributed by atoms with Gasteiger partial charge in [0.1, 0.15) is 24.2 Å². The molecule has 15 heteroatoms. The van der Waals surface area contributed by atoms with Gasteiger partial charge in [-0.05, 0) is 52.5 Å². The summed E-state index contributed by atoms with van der Waals surface area (Å²) in [7, 11) is 0. The number of carboxylic acids is 1. The van der Waals surface area contributed by atoms with E-state index >= 15 is 0 Å². The maximum atomic E-state index is 12.9. The summed E-state index contributed by atoms with van der Waals surface area (Å²) in [6.45, 7) is 3.06. The van der Waals surface area contributed by atoms with Crippen LogP contribution in [0, 0.1) is 0 Å². The number of nitrogens with one attached hydrogen (secondary N) is 3. The van der Waals surface area contributed by atoms with E-state index in [2.05, 4.69) is 20.9 Å². The number of carbonyl (C=O) groups excluding carboxylic acids is 3. The minimum absolute atomic E-state index is 0.00661. The molecule has 0 unspecified atom stereocenters. The number of carbonyl (C=O) groups is 4. The molecule has 0 aromatic rings. The SMILES string of the molecule is C[C@@H](O)[C@H](N)C(=O)N[C@@H](CCCCN)C(=O)N[C@H](C(=O)N[C@@H](CCCN=C(N)N)C(=O)O)[C@@H](C)O. The number of nitrogens with two attached hydrogens (primary N) is 4. The average Bonchev–Trinajstić information content (AvgIpc) is 2.77. The molecule has 14 N–H and O–H groups in total. The van der Waals surface area contributed by atoms with Crippen molar-refractivity contribution in [3.8, 4) is 0 Å². The van der Waals surface area contributed by atoms with Gasteiger partial charge in [-0.3, -0.25) is 19.4 Å². The molecule has 0 aliphatic carbocycles. The lowest BCUT2D eigenvalue weighted by atomic mass is 10.0. The summed E-state index contributed by atoms with van der Waals surface area (Å²) >= 11 is 0. The van der Waals surface area contributed by atoms with Crippen molar-refractivity contribution in [2.75, 3.05) is 13.1 Å². The van der Waals surface area contributed by atoms with Crippen molar-refractivity contribution in [2.45, 2.75) is 82.3 Å². The Morgan fingerprint density at radius 1 is 0.829 bits per heavy atom. The van der Waals surface area contributed by atoms with Crippen LogP contribution < -0.4 is 38.9 Å². The van der Waals surface area contributed by atoms with E-state index < -0.39 is 60.1 Å². The normalized spacial score (nSPS) is 16.1. The smallest absolute Gasteiger partial charge is 0.326 e. The first kappa shape index (κ1) is 32.0. The molecule has 0 fully saturated rings. The van der Waals surface area contributed by atoms with Crippen LogP contribution in [0.5, 0.6) is 0 Å². The van der Waals surface area contributed by atoms with Crippen LogP contribution in [0.25, 0.3) is 0 Å². The van der Waals surface area contributed by atoms with Gasteiger partial charge in [0.25, 0.3) is 0 Å². The largest absolute Gasteiger partial charge is 0.480 e. The second-order valence-electron chi connectivity index (χ2n) is 8.19. The fraction of sp³-hybridized carbons (Fsp3) is 0.750. The number of carboxylic acid groups (broad SMARTS) is 1. The van der Waals surface area contributed by atoms with Crippen LogP contribution in [0.3, 0.4) is 0 Å². The molecule has 0 bridgehead atoms. The molecule has 6 atom stereocenters. The van der Waals surface area contributed by atoms with Crippen molar-refractivity contribution in [1.29, 1.82) is 0 Å². The first-order valence-electron chi connectivity index (χ1n) is 11.3. The van der Waals surface area contributed by atoms with Gasteiger partial charge in [-0.15, -0.1) is 0 Å². The molecule has 3 amide bonds. The highest BCUT2D eigenvalue weighted by molar-refractivity contribution is 5.94. The first-order valence-corrected chi connectivity index (χ1v) is 11.3. The van der Waals surface area contributed by atoms with Crippen LogP contribution in [0.1, 0.15) is 46.0 Å². The Kier molecular flexibility index (Phi) is 15.2. The third-order valence-electron chi connectivity index (χ3n) is 5.02. The molecule has 0 aliphatic heterocycles. The molecule has 0 rings (SSSR count). The molecule has 35 heavy (non-hydrogen) atoms. The van der Waals surface area contributed by atoms with Gasteiger partial charge in [-0.2, -0.15) is 0 Å². The highest BCUT2D eigenvalue weighted by Crippen LogP contribution is 2.06. The molecule has 0 aliphatic rings. The molecular weight excluding hydrogens is 464 g/mol. The topological polar surface area (TPSA) is 282 Å². The van der Waals surface area contributed by atoms with Gasteiger partial charge in [-0.25, -0.2) is 4.79 Å². The number of amides is 3. The summed E-state index contributed by atoms with van der Waals surface area (Å²) in [5.41, 5.74) is 21.5. The minimum atomic E-state index is -1.51.